The van der Waals surface area contributed by atoms with E-state index in [-0.39, 0.29) is 29.6 Å². The number of alkyl halides is 3. The van der Waals surface area contributed by atoms with Gasteiger partial charge in [-0.2, -0.15) is 13.2 Å². The highest BCUT2D eigenvalue weighted by molar-refractivity contribution is 5.93. The van der Waals surface area contributed by atoms with Gasteiger partial charge >= 0.3 is 6.18 Å². The van der Waals surface area contributed by atoms with Gasteiger partial charge in [-0.05, 0) is 57.5 Å². The molecule has 3 aromatic rings. The van der Waals surface area contributed by atoms with E-state index in [1.54, 1.807) is 34.1 Å². The number of carbonyl (C=O) groups excluding carboxylic acids is 1. The van der Waals surface area contributed by atoms with Gasteiger partial charge in [-0.3, -0.25) is 9.59 Å². The maximum atomic E-state index is 13.5. The highest BCUT2D eigenvalue weighted by Crippen LogP contribution is 2.65. The molecule has 2 aromatic heterocycles. The van der Waals surface area contributed by atoms with Crippen LogP contribution in [0.4, 0.5) is 13.2 Å². The summed E-state index contributed by atoms with van der Waals surface area (Å²) in [4.78, 5) is 32.5. The van der Waals surface area contributed by atoms with Crippen molar-refractivity contribution >= 4 is 5.91 Å². The van der Waals surface area contributed by atoms with E-state index in [1.807, 2.05) is 20.8 Å². The maximum Gasteiger partial charge on any atom is 0.416 e. The van der Waals surface area contributed by atoms with Crippen molar-refractivity contribution in [3.05, 3.63) is 75.7 Å². The number of aryl methyl sites for hydroxylation is 1. The van der Waals surface area contributed by atoms with E-state index in [0.29, 0.717) is 36.5 Å². The Morgan fingerprint density at radius 1 is 1.14 bits per heavy atom. The molecule has 1 aliphatic carbocycles. The van der Waals surface area contributed by atoms with Crippen molar-refractivity contribution < 1.29 is 22.7 Å². The molecule has 0 unspecified atom stereocenters. The maximum absolute atomic E-state index is 13.5. The molecule has 4 heterocycles. The monoisotopic (exact) mass is 498 g/mol. The number of nitrogens with zero attached hydrogens (tertiary/aromatic N) is 4. The minimum atomic E-state index is -4.47. The quantitative estimate of drug-likeness (QED) is 0.549. The zero-order chi connectivity index (χ0) is 25.6. The summed E-state index contributed by atoms with van der Waals surface area (Å²) in [5, 5.41) is 0. The smallest absolute Gasteiger partial charge is 0.416 e. The molecule has 36 heavy (non-hydrogen) atoms. The van der Waals surface area contributed by atoms with Crippen LogP contribution in [0.2, 0.25) is 0 Å². The molecule has 0 bridgehead atoms. The summed E-state index contributed by atoms with van der Waals surface area (Å²) >= 11 is 0. The molecule has 10 heteroatoms. The highest BCUT2D eigenvalue weighted by Gasteiger charge is 2.67. The Hall–Kier alpha value is -3.56. The van der Waals surface area contributed by atoms with E-state index >= 15 is 0 Å². The van der Waals surface area contributed by atoms with E-state index in [0.717, 1.165) is 11.8 Å². The fourth-order valence-electron chi connectivity index (χ4n) is 6.01. The molecule has 1 aromatic carbocycles. The number of pyridine rings is 1. The molecule has 0 saturated heterocycles. The summed E-state index contributed by atoms with van der Waals surface area (Å²) < 4.78 is 49.7. The van der Waals surface area contributed by atoms with Gasteiger partial charge in [-0.15, -0.1) is 0 Å². The number of rotatable bonds is 3. The lowest BCUT2D eigenvalue weighted by molar-refractivity contribution is -0.137. The predicted molar refractivity (Wildman–Crippen MR) is 124 cm³/mol. The molecule has 1 amide bonds. The highest BCUT2D eigenvalue weighted by atomic mass is 19.4. The number of benzene rings is 1. The zero-order valence-electron chi connectivity index (χ0n) is 20.1. The minimum Gasteiger partial charge on any atom is -0.487 e. The number of amides is 1. The van der Waals surface area contributed by atoms with Crippen molar-refractivity contribution in [3.8, 4) is 11.4 Å². The second kappa shape index (κ2) is 7.24. The van der Waals surface area contributed by atoms with Crippen molar-refractivity contribution in [2.45, 2.75) is 50.9 Å². The minimum absolute atomic E-state index is 0.0234. The summed E-state index contributed by atoms with van der Waals surface area (Å²) in [5.74, 6) is 0.109. The Morgan fingerprint density at radius 2 is 1.92 bits per heavy atom. The molecular formula is C26H25F3N4O3. The van der Waals surface area contributed by atoms with Crippen LogP contribution in [0.1, 0.15) is 47.6 Å². The molecule has 6 rings (SSSR count). The third-order valence-electron chi connectivity index (χ3n) is 7.85. The van der Waals surface area contributed by atoms with Crippen LogP contribution < -0.4 is 10.3 Å². The van der Waals surface area contributed by atoms with Crippen molar-refractivity contribution in [3.63, 3.8) is 0 Å². The number of aromatic nitrogens is 3. The Kier molecular flexibility index (Phi) is 4.60. The number of hydrogen-bond donors (Lipinski definition) is 0. The van der Waals surface area contributed by atoms with Crippen LogP contribution in [0.5, 0.6) is 5.75 Å². The van der Waals surface area contributed by atoms with Gasteiger partial charge in [0.2, 0.25) is 0 Å². The molecule has 2 aliphatic heterocycles. The average molecular weight is 499 g/mol. The molecule has 2 atom stereocenters. The molecule has 3 aliphatic rings. The molecule has 188 valence electrons. The fraction of sp³-hybridized carbons (Fsp3) is 0.423. The van der Waals surface area contributed by atoms with Gasteiger partial charge in [0.1, 0.15) is 22.7 Å². The SMILES string of the molecule is Cc1cn(-c2ccc3n(c2=O)CCN(C[C@]24C[C@H]2C(C)(C)Oc2ccc(C(F)(F)F)cc24)C3=O)cn1. The number of ether oxygens (including phenoxy) is 1. The fourth-order valence-corrected chi connectivity index (χ4v) is 6.01. The Bertz CT molecular complexity index is 1470. The Balaban J connectivity index is 1.35. The third kappa shape index (κ3) is 3.30. The first-order chi connectivity index (χ1) is 16.9. The van der Waals surface area contributed by atoms with Gasteiger partial charge in [-0.1, -0.05) is 0 Å². The number of hydrogen-bond acceptors (Lipinski definition) is 4. The Labute approximate surface area is 205 Å². The lowest BCUT2D eigenvalue weighted by Crippen LogP contribution is -2.50. The molecular weight excluding hydrogens is 473 g/mol. The van der Waals surface area contributed by atoms with E-state index in [9.17, 15) is 22.8 Å². The summed E-state index contributed by atoms with van der Waals surface area (Å²) in [5.41, 5.74) is -0.249. The summed E-state index contributed by atoms with van der Waals surface area (Å²) in [6.07, 6.45) is -0.543. The topological polar surface area (TPSA) is 69.4 Å². The summed E-state index contributed by atoms with van der Waals surface area (Å²) in [6.45, 7) is 6.57. The van der Waals surface area contributed by atoms with Crippen LogP contribution >= 0.6 is 0 Å². The molecule has 0 spiro atoms. The first-order valence-electron chi connectivity index (χ1n) is 11.9. The van der Waals surface area contributed by atoms with Crippen molar-refractivity contribution in [2.75, 3.05) is 13.1 Å². The number of carbonyl (C=O) groups is 1. The standard InChI is InChI=1S/C26H25F3N4O3/c1-15-12-32(14-30-15)18-5-6-19-22(34)31(8-9-33(19)23(18)35)13-25-11-21(25)24(2,3)36-20-7-4-16(10-17(20)25)26(27,28)29/h4-7,10,12,14,21H,8-9,11,13H2,1-3H3/t21-,25-/m0/s1. The van der Waals surface area contributed by atoms with Crippen LogP contribution in [0, 0.1) is 12.8 Å². The number of imidazole rings is 1. The van der Waals surface area contributed by atoms with Crippen LogP contribution in [-0.2, 0) is 18.1 Å². The van der Waals surface area contributed by atoms with Crippen LogP contribution in [0.3, 0.4) is 0 Å². The lowest BCUT2D eigenvalue weighted by Gasteiger charge is -2.40. The van der Waals surface area contributed by atoms with Gasteiger partial charge in [0.15, 0.2) is 0 Å². The number of halogens is 3. The van der Waals surface area contributed by atoms with E-state index < -0.39 is 22.8 Å². The average Bonchev–Trinajstić information content (AvgIpc) is 3.41. The second-order valence-electron chi connectivity index (χ2n) is 10.5. The predicted octanol–water partition coefficient (Wildman–Crippen LogP) is 3.95. The van der Waals surface area contributed by atoms with Gasteiger partial charge in [-0.25, -0.2) is 4.98 Å². The van der Waals surface area contributed by atoms with Gasteiger partial charge in [0.25, 0.3) is 11.5 Å². The first-order valence-corrected chi connectivity index (χ1v) is 11.9. The van der Waals surface area contributed by atoms with Crippen LogP contribution in [0.25, 0.3) is 5.69 Å². The van der Waals surface area contributed by atoms with Gasteiger partial charge in [0.05, 0.1) is 17.6 Å². The first kappa shape index (κ1) is 22.9. The Morgan fingerprint density at radius 3 is 2.61 bits per heavy atom. The number of fused-ring (bicyclic) bond motifs is 4. The summed E-state index contributed by atoms with van der Waals surface area (Å²) in [7, 11) is 0. The van der Waals surface area contributed by atoms with E-state index in [1.165, 1.54) is 16.7 Å². The van der Waals surface area contributed by atoms with Crippen molar-refractivity contribution in [2.24, 2.45) is 5.92 Å². The van der Waals surface area contributed by atoms with Gasteiger partial charge in [0, 0.05) is 42.7 Å². The largest absolute Gasteiger partial charge is 0.487 e. The third-order valence-corrected chi connectivity index (χ3v) is 7.85. The van der Waals surface area contributed by atoms with Crippen LogP contribution in [0.15, 0.2) is 47.7 Å². The molecule has 0 radical (unpaired) electrons. The molecule has 0 N–H and O–H groups in total. The zero-order valence-corrected chi connectivity index (χ0v) is 20.1. The molecule has 7 nitrogen and oxygen atoms in total. The molecule has 1 saturated carbocycles. The van der Waals surface area contributed by atoms with E-state index in [2.05, 4.69) is 4.98 Å². The summed E-state index contributed by atoms with van der Waals surface area (Å²) in [6, 6.07) is 6.85. The van der Waals surface area contributed by atoms with E-state index in [4.69, 9.17) is 4.74 Å². The lowest BCUT2D eigenvalue weighted by atomic mass is 9.82. The molecule has 1 fully saturated rings. The van der Waals surface area contributed by atoms with Crippen LogP contribution in [-0.4, -0.2) is 43.6 Å². The normalized spacial score (nSPS) is 24.0. The van der Waals surface area contributed by atoms with Gasteiger partial charge < -0.3 is 18.8 Å². The van der Waals surface area contributed by atoms with Crippen molar-refractivity contribution in [1.29, 1.82) is 0 Å². The second-order valence-corrected chi connectivity index (χ2v) is 10.5. The van der Waals surface area contributed by atoms with Crippen molar-refractivity contribution in [1.82, 2.24) is 19.0 Å².